The van der Waals surface area contributed by atoms with Crippen LogP contribution < -0.4 is 5.32 Å². The molecular weight excluding hydrogens is 478 g/mol. The quantitative estimate of drug-likeness (QED) is 0.324. The van der Waals surface area contributed by atoms with Gasteiger partial charge in [0.25, 0.3) is 5.91 Å². The summed E-state index contributed by atoms with van der Waals surface area (Å²) in [4.78, 5) is 27.3. The van der Waals surface area contributed by atoms with Crippen molar-refractivity contribution in [3.8, 4) is 17.1 Å². The van der Waals surface area contributed by atoms with Crippen LogP contribution in [-0.4, -0.2) is 74.8 Å². The number of fused-ring (bicyclic) bond motifs is 1. The molecule has 2 N–H and O–H groups in total. The second-order valence-electron chi connectivity index (χ2n) is 9.76. The standard InChI is InChI=1S/C29H37N7O2/c1-7-24-26(30-13-14-34(4)5)11-12-27(32-24)28-16-23(22-15-21(37)9-10-25(22)33-28)29(38)35(6)18-20-17-31-36(8-2)19(20)3/h9-12,15-17,30,37H,7-8,13-14,18H2,1-6H3. The van der Waals surface area contributed by atoms with E-state index in [1.807, 2.05) is 51.0 Å². The minimum Gasteiger partial charge on any atom is -0.508 e. The summed E-state index contributed by atoms with van der Waals surface area (Å²) < 4.78 is 1.92. The number of hydrogen-bond acceptors (Lipinski definition) is 7. The Balaban J connectivity index is 1.71. The first-order valence-electron chi connectivity index (χ1n) is 13.0. The number of phenolic OH excluding ortho intramolecular Hbond substituents is 1. The number of hydrogen-bond donors (Lipinski definition) is 2. The van der Waals surface area contributed by atoms with E-state index in [4.69, 9.17) is 9.97 Å². The SMILES string of the molecule is CCc1nc(-c2cc(C(=O)N(C)Cc3cnn(CC)c3C)c3cc(O)ccc3n2)ccc1NCCN(C)C. The highest BCUT2D eigenvalue weighted by Gasteiger charge is 2.20. The highest BCUT2D eigenvalue weighted by molar-refractivity contribution is 6.07. The third-order valence-corrected chi connectivity index (χ3v) is 6.73. The molecule has 4 rings (SSSR count). The molecule has 1 aromatic carbocycles. The molecule has 0 bridgehead atoms. The van der Waals surface area contributed by atoms with Crippen LogP contribution in [0.3, 0.4) is 0 Å². The van der Waals surface area contributed by atoms with E-state index in [-0.39, 0.29) is 11.7 Å². The Morgan fingerprint density at radius 3 is 2.53 bits per heavy atom. The fourth-order valence-electron chi connectivity index (χ4n) is 4.50. The number of carbonyl (C=O) groups excluding carboxylic acids is 1. The Hall–Kier alpha value is -3.98. The van der Waals surface area contributed by atoms with Gasteiger partial charge in [-0.15, -0.1) is 0 Å². The lowest BCUT2D eigenvalue weighted by atomic mass is 10.0. The molecule has 9 heteroatoms. The second-order valence-corrected chi connectivity index (χ2v) is 9.76. The number of aromatic nitrogens is 4. The van der Waals surface area contributed by atoms with E-state index in [1.165, 1.54) is 0 Å². The summed E-state index contributed by atoms with van der Waals surface area (Å²) in [7, 11) is 5.87. The molecule has 0 aliphatic heterocycles. The smallest absolute Gasteiger partial charge is 0.254 e. The number of nitrogens with one attached hydrogen (secondary N) is 1. The third kappa shape index (κ3) is 5.78. The molecule has 3 heterocycles. The van der Waals surface area contributed by atoms with Crippen LogP contribution in [0.2, 0.25) is 0 Å². The van der Waals surface area contributed by atoms with Crippen LogP contribution in [0.15, 0.2) is 42.6 Å². The maximum Gasteiger partial charge on any atom is 0.254 e. The molecule has 0 atom stereocenters. The van der Waals surface area contributed by atoms with Crippen molar-refractivity contribution in [2.24, 2.45) is 0 Å². The maximum absolute atomic E-state index is 13.8. The summed E-state index contributed by atoms with van der Waals surface area (Å²) >= 11 is 0. The van der Waals surface area contributed by atoms with Crippen molar-refractivity contribution in [3.63, 3.8) is 0 Å². The summed E-state index contributed by atoms with van der Waals surface area (Å²) in [5, 5.41) is 18.7. The third-order valence-electron chi connectivity index (χ3n) is 6.73. The molecule has 0 saturated carbocycles. The fraction of sp³-hybridized carbons (Fsp3) is 0.379. The van der Waals surface area contributed by atoms with Gasteiger partial charge in [-0.1, -0.05) is 6.92 Å². The van der Waals surface area contributed by atoms with Gasteiger partial charge in [-0.25, -0.2) is 9.97 Å². The molecule has 9 nitrogen and oxygen atoms in total. The van der Waals surface area contributed by atoms with E-state index in [0.29, 0.717) is 34.4 Å². The van der Waals surface area contributed by atoms with Crippen LogP contribution in [-0.2, 0) is 19.5 Å². The largest absolute Gasteiger partial charge is 0.508 e. The Morgan fingerprint density at radius 2 is 1.84 bits per heavy atom. The van der Waals surface area contributed by atoms with E-state index in [9.17, 15) is 9.90 Å². The van der Waals surface area contributed by atoms with Crippen molar-refractivity contribution >= 4 is 22.5 Å². The molecule has 38 heavy (non-hydrogen) atoms. The summed E-state index contributed by atoms with van der Waals surface area (Å²) in [6.07, 6.45) is 2.58. The molecule has 0 saturated heterocycles. The number of anilines is 1. The Morgan fingerprint density at radius 1 is 1.05 bits per heavy atom. The number of phenols is 1. The first kappa shape index (κ1) is 27.1. The first-order valence-corrected chi connectivity index (χ1v) is 13.0. The lowest BCUT2D eigenvalue weighted by Crippen LogP contribution is -2.27. The number of rotatable bonds is 10. The van der Waals surface area contributed by atoms with Crippen molar-refractivity contribution in [2.45, 2.75) is 40.3 Å². The molecule has 0 aliphatic carbocycles. The Bertz CT molecular complexity index is 1440. The summed E-state index contributed by atoms with van der Waals surface area (Å²) in [6.45, 7) is 9.07. The monoisotopic (exact) mass is 515 g/mol. The van der Waals surface area contributed by atoms with E-state index in [0.717, 1.165) is 48.7 Å². The van der Waals surface area contributed by atoms with Gasteiger partial charge >= 0.3 is 0 Å². The summed E-state index contributed by atoms with van der Waals surface area (Å²) in [5.41, 5.74) is 6.40. The number of benzene rings is 1. The lowest BCUT2D eigenvalue weighted by Gasteiger charge is -2.19. The average Bonchev–Trinajstić information content (AvgIpc) is 3.26. The van der Waals surface area contributed by atoms with Crippen molar-refractivity contribution in [1.82, 2.24) is 29.5 Å². The zero-order valence-corrected chi connectivity index (χ0v) is 23.1. The first-order chi connectivity index (χ1) is 18.2. The predicted molar refractivity (Wildman–Crippen MR) is 151 cm³/mol. The van der Waals surface area contributed by atoms with Gasteiger partial charge in [-0.3, -0.25) is 9.48 Å². The summed E-state index contributed by atoms with van der Waals surface area (Å²) in [5.74, 6) is -0.0750. The molecule has 4 aromatic rings. The molecule has 3 aromatic heterocycles. The molecule has 1 amide bonds. The minimum atomic E-state index is -0.161. The van der Waals surface area contributed by atoms with Gasteiger partial charge in [0.1, 0.15) is 5.75 Å². The van der Waals surface area contributed by atoms with Gasteiger partial charge in [0.2, 0.25) is 0 Å². The second kappa shape index (κ2) is 11.6. The van der Waals surface area contributed by atoms with Gasteiger partial charge in [0.05, 0.1) is 40.0 Å². The number of carbonyl (C=O) groups is 1. The van der Waals surface area contributed by atoms with E-state index in [1.54, 1.807) is 36.2 Å². The van der Waals surface area contributed by atoms with Gasteiger partial charge in [0, 0.05) is 49.9 Å². The van der Waals surface area contributed by atoms with E-state index >= 15 is 0 Å². The Kier molecular flexibility index (Phi) is 8.26. The van der Waals surface area contributed by atoms with Gasteiger partial charge in [-0.05, 0) is 70.8 Å². The van der Waals surface area contributed by atoms with Crippen LogP contribution in [0.1, 0.15) is 41.2 Å². The minimum absolute atomic E-state index is 0.0864. The van der Waals surface area contributed by atoms with Crippen LogP contribution in [0.25, 0.3) is 22.3 Å². The van der Waals surface area contributed by atoms with Crippen LogP contribution in [0.5, 0.6) is 5.75 Å². The van der Waals surface area contributed by atoms with Gasteiger partial charge in [0.15, 0.2) is 0 Å². The summed E-state index contributed by atoms with van der Waals surface area (Å²) in [6, 6.07) is 10.7. The molecule has 0 spiro atoms. The van der Waals surface area contributed by atoms with E-state index in [2.05, 4.69) is 22.2 Å². The van der Waals surface area contributed by atoms with Crippen molar-refractivity contribution < 1.29 is 9.90 Å². The van der Waals surface area contributed by atoms with Gasteiger partial charge in [-0.2, -0.15) is 5.10 Å². The van der Waals surface area contributed by atoms with Gasteiger partial charge < -0.3 is 20.2 Å². The number of likely N-dealkylation sites (N-methyl/N-ethyl adjacent to an activating group) is 1. The zero-order valence-electron chi connectivity index (χ0n) is 23.1. The van der Waals surface area contributed by atoms with Crippen molar-refractivity contribution in [2.75, 3.05) is 39.5 Å². The fourth-order valence-corrected chi connectivity index (χ4v) is 4.50. The van der Waals surface area contributed by atoms with Crippen LogP contribution >= 0.6 is 0 Å². The number of nitrogens with zero attached hydrogens (tertiary/aromatic N) is 6. The molecule has 0 aliphatic rings. The highest BCUT2D eigenvalue weighted by Crippen LogP contribution is 2.29. The number of amides is 1. The molecule has 200 valence electrons. The normalized spacial score (nSPS) is 11.3. The molecule has 0 fully saturated rings. The van der Waals surface area contributed by atoms with Crippen LogP contribution in [0.4, 0.5) is 5.69 Å². The van der Waals surface area contributed by atoms with Crippen molar-refractivity contribution in [1.29, 1.82) is 0 Å². The number of pyridine rings is 2. The molecular formula is C29H37N7O2. The lowest BCUT2D eigenvalue weighted by molar-refractivity contribution is 0.0787. The Labute approximate surface area is 224 Å². The van der Waals surface area contributed by atoms with E-state index < -0.39 is 0 Å². The highest BCUT2D eigenvalue weighted by atomic mass is 16.3. The van der Waals surface area contributed by atoms with Crippen molar-refractivity contribution in [3.05, 3.63) is 65.1 Å². The topological polar surface area (TPSA) is 99.4 Å². The average molecular weight is 516 g/mol. The molecule has 0 radical (unpaired) electrons. The molecule has 0 unspecified atom stereocenters. The zero-order chi connectivity index (χ0) is 27.4. The number of aryl methyl sites for hydroxylation is 2. The maximum atomic E-state index is 13.8. The number of aromatic hydroxyl groups is 1. The predicted octanol–water partition coefficient (Wildman–Crippen LogP) is 4.34. The van der Waals surface area contributed by atoms with Crippen LogP contribution in [0, 0.1) is 6.92 Å².